The van der Waals surface area contributed by atoms with Crippen LogP contribution in [0.1, 0.15) is 30.1 Å². The Morgan fingerprint density at radius 2 is 1.96 bits per heavy atom. The fraction of sp³-hybridized carbons (Fsp3) is 0.368. The van der Waals surface area contributed by atoms with E-state index < -0.39 is 0 Å². The van der Waals surface area contributed by atoms with Crippen molar-refractivity contribution in [2.45, 2.75) is 19.8 Å². The molecule has 126 valence electrons. The van der Waals surface area contributed by atoms with Crippen LogP contribution in [0.15, 0.2) is 48.8 Å². The first-order valence-electron chi connectivity index (χ1n) is 8.32. The number of piperidine rings is 1. The van der Waals surface area contributed by atoms with Gasteiger partial charge in [0.1, 0.15) is 11.5 Å². The van der Waals surface area contributed by atoms with Gasteiger partial charge in [0.2, 0.25) is 0 Å². The number of benzene rings is 1. The van der Waals surface area contributed by atoms with Crippen LogP contribution >= 0.6 is 0 Å². The van der Waals surface area contributed by atoms with E-state index in [0.29, 0.717) is 23.6 Å². The average molecular weight is 325 g/mol. The molecule has 5 heteroatoms. The zero-order valence-corrected chi connectivity index (χ0v) is 13.9. The molecule has 2 N–H and O–H groups in total. The van der Waals surface area contributed by atoms with Gasteiger partial charge in [-0.1, -0.05) is 13.0 Å². The molecule has 3 rings (SSSR count). The summed E-state index contributed by atoms with van der Waals surface area (Å²) in [6.07, 6.45) is 5.51. The fourth-order valence-electron chi connectivity index (χ4n) is 2.85. The highest BCUT2D eigenvalue weighted by atomic mass is 16.5. The molecule has 0 atom stereocenters. The van der Waals surface area contributed by atoms with Gasteiger partial charge in [0.25, 0.3) is 5.91 Å². The van der Waals surface area contributed by atoms with E-state index in [4.69, 9.17) is 4.74 Å². The van der Waals surface area contributed by atoms with E-state index in [2.05, 4.69) is 22.5 Å². The molecule has 0 bridgehead atoms. The summed E-state index contributed by atoms with van der Waals surface area (Å²) in [5, 5.41) is 6.42. The van der Waals surface area contributed by atoms with Crippen molar-refractivity contribution in [1.29, 1.82) is 0 Å². The molecule has 24 heavy (non-hydrogen) atoms. The number of carbonyl (C=O) groups is 1. The SMILES string of the molecule is CC1(CNC(=O)c2cccc(Oc3ccncc3)c2)CCNCC1. The third-order valence-electron chi connectivity index (χ3n) is 4.47. The van der Waals surface area contributed by atoms with E-state index in [1.165, 1.54) is 0 Å². The molecule has 0 unspecified atom stereocenters. The number of aromatic nitrogens is 1. The Kier molecular flexibility index (Phi) is 5.11. The second-order valence-electron chi connectivity index (χ2n) is 6.56. The molecule has 2 heterocycles. The molecule has 1 aliphatic rings. The van der Waals surface area contributed by atoms with Crippen LogP contribution in [0.3, 0.4) is 0 Å². The third-order valence-corrected chi connectivity index (χ3v) is 4.47. The lowest BCUT2D eigenvalue weighted by Gasteiger charge is -2.34. The maximum atomic E-state index is 12.4. The average Bonchev–Trinajstić information content (AvgIpc) is 2.61. The summed E-state index contributed by atoms with van der Waals surface area (Å²) in [5.41, 5.74) is 0.783. The van der Waals surface area contributed by atoms with Gasteiger partial charge in [-0.2, -0.15) is 0 Å². The first kappa shape index (κ1) is 16.5. The number of rotatable bonds is 5. The van der Waals surface area contributed by atoms with Crippen LogP contribution in [0.4, 0.5) is 0 Å². The lowest BCUT2D eigenvalue weighted by Crippen LogP contribution is -2.42. The summed E-state index contributed by atoms with van der Waals surface area (Å²) in [4.78, 5) is 16.4. The number of hydrogen-bond donors (Lipinski definition) is 2. The highest BCUT2D eigenvalue weighted by molar-refractivity contribution is 5.94. The van der Waals surface area contributed by atoms with Crippen molar-refractivity contribution >= 4 is 5.91 Å². The first-order valence-corrected chi connectivity index (χ1v) is 8.32. The Bertz CT molecular complexity index is 682. The highest BCUT2D eigenvalue weighted by Gasteiger charge is 2.27. The van der Waals surface area contributed by atoms with Crippen LogP contribution in [-0.4, -0.2) is 30.5 Å². The summed E-state index contributed by atoms with van der Waals surface area (Å²) < 4.78 is 5.76. The minimum Gasteiger partial charge on any atom is -0.457 e. The van der Waals surface area contributed by atoms with Crippen molar-refractivity contribution in [3.05, 3.63) is 54.4 Å². The van der Waals surface area contributed by atoms with Gasteiger partial charge in [-0.05, 0) is 61.7 Å². The maximum absolute atomic E-state index is 12.4. The van der Waals surface area contributed by atoms with Gasteiger partial charge in [0.05, 0.1) is 0 Å². The standard InChI is InChI=1S/C19H23N3O2/c1-19(7-11-21-12-8-19)14-22-18(23)15-3-2-4-17(13-15)24-16-5-9-20-10-6-16/h2-6,9-10,13,21H,7-8,11-12,14H2,1H3,(H,22,23). The number of amides is 1. The summed E-state index contributed by atoms with van der Waals surface area (Å²) in [7, 11) is 0. The van der Waals surface area contributed by atoms with Crippen molar-refractivity contribution in [2.75, 3.05) is 19.6 Å². The molecule has 1 amide bonds. The summed E-state index contributed by atoms with van der Waals surface area (Å²) in [5.74, 6) is 1.28. The molecule has 0 aliphatic carbocycles. The van der Waals surface area contributed by atoms with E-state index in [9.17, 15) is 4.79 Å². The van der Waals surface area contributed by atoms with Crippen LogP contribution in [0.25, 0.3) is 0 Å². The van der Waals surface area contributed by atoms with E-state index in [1.807, 2.05) is 12.1 Å². The minimum absolute atomic E-state index is 0.0602. The molecule has 1 saturated heterocycles. The zero-order valence-electron chi connectivity index (χ0n) is 13.9. The molecule has 5 nitrogen and oxygen atoms in total. The number of nitrogens with one attached hydrogen (secondary N) is 2. The quantitative estimate of drug-likeness (QED) is 0.887. The molecule has 2 aromatic rings. The topological polar surface area (TPSA) is 63.2 Å². The van der Waals surface area contributed by atoms with E-state index >= 15 is 0 Å². The Morgan fingerprint density at radius 1 is 1.21 bits per heavy atom. The molecular formula is C19H23N3O2. The van der Waals surface area contributed by atoms with Gasteiger partial charge >= 0.3 is 0 Å². The monoisotopic (exact) mass is 325 g/mol. The first-order chi connectivity index (χ1) is 11.6. The fourth-order valence-corrected chi connectivity index (χ4v) is 2.85. The molecule has 1 fully saturated rings. The zero-order chi connectivity index (χ0) is 16.8. The molecule has 1 aromatic heterocycles. The number of hydrogen-bond acceptors (Lipinski definition) is 4. The van der Waals surface area contributed by atoms with E-state index in [0.717, 1.165) is 25.9 Å². The van der Waals surface area contributed by atoms with Crippen LogP contribution < -0.4 is 15.4 Å². The summed E-state index contributed by atoms with van der Waals surface area (Å²) >= 11 is 0. The number of nitrogens with zero attached hydrogens (tertiary/aromatic N) is 1. The third kappa shape index (κ3) is 4.32. The molecule has 1 aromatic carbocycles. The molecular weight excluding hydrogens is 302 g/mol. The van der Waals surface area contributed by atoms with E-state index in [-0.39, 0.29) is 11.3 Å². The van der Waals surface area contributed by atoms with Gasteiger partial charge in [0.15, 0.2) is 0 Å². The Balaban J connectivity index is 1.61. The number of carbonyl (C=O) groups excluding carboxylic acids is 1. The summed E-state index contributed by atoms with van der Waals surface area (Å²) in [6, 6.07) is 10.8. The van der Waals surface area contributed by atoms with E-state index in [1.54, 1.807) is 36.7 Å². The molecule has 0 saturated carbocycles. The van der Waals surface area contributed by atoms with Crippen LogP contribution in [0, 0.1) is 5.41 Å². The van der Waals surface area contributed by atoms with Crippen LogP contribution in [0.5, 0.6) is 11.5 Å². The van der Waals surface area contributed by atoms with Crippen molar-refractivity contribution in [3.8, 4) is 11.5 Å². The Morgan fingerprint density at radius 3 is 2.71 bits per heavy atom. The second-order valence-corrected chi connectivity index (χ2v) is 6.56. The smallest absolute Gasteiger partial charge is 0.251 e. The minimum atomic E-state index is -0.0602. The molecule has 0 spiro atoms. The Hall–Kier alpha value is -2.40. The second kappa shape index (κ2) is 7.45. The maximum Gasteiger partial charge on any atom is 0.251 e. The lowest BCUT2D eigenvalue weighted by molar-refractivity contribution is 0.0922. The van der Waals surface area contributed by atoms with Crippen molar-refractivity contribution < 1.29 is 9.53 Å². The van der Waals surface area contributed by atoms with Crippen LogP contribution in [-0.2, 0) is 0 Å². The lowest BCUT2D eigenvalue weighted by atomic mass is 9.81. The highest BCUT2D eigenvalue weighted by Crippen LogP contribution is 2.27. The van der Waals surface area contributed by atoms with Gasteiger partial charge in [-0.25, -0.2) is 0 Å². The van der Waals surface area contributed by atoms with Gasteiger partial charge in [-0.3, -0.25) is 9.78 Å². The largest absolute Gasteiger partial charge is 0.457 e. The normalized spacial score (nSPS) is 16.4. The van der Waals surface area contributed by atoms with Gasteiger partial charge in [0, 0.05) is 24.5 Å². The number of ether oxygens (including phenoxy) is 1. The van der Waals surface area contributed by atoms with Crippen molar-refractivity contribution in [1.82, 2.24) is 15.6 Å². The van der Waals surface area contributed by atoms with Gasteiger partial charge in [-0.15, -0.1) is 0 Å². The van der Waals surface area contributed by atoms with Crippen molar-refractivity contribution in [2.24, 2.45) is 5.41 Å². The predicted octanol–water partition coefficient (Wildman–Crippen LogP) is 2.99. The number of pyridine rings is 1. The molecule has 0 radical (unpaired) electrons. The van der Waals surface area contributed by atoms with Gasteiger partial charge < -0.3 is 15.4 Å². The predicted molar refractivity (Wildman–Crippen MR) is 93.3 cm³/mol. The van der Waals surface area contributed by atoms with Crippen LogP contribution in [0.2, 0.25) is 0 Å². The van der Waals surface area contributed by atoms with Crippen molar-refractivity contribution in [3.63, 3.8) is 0 Å². The molecule has 1 aliphatic heterocycles. The summed E-state index contributed by atoms with van der Waals surface area (Å²) in [6.45, 7) is 4.96. The Labute approximate surface area is 142 Å².